The molecule has 0 spiro atoms. The number of hydrogen-bond acceptors (Lipinski definition) is 3. The molecule has 1 saturated heterocycles. The minimum Gasteiger partial charge on any atom is -0.381 e. The first-order chi connectivity index (χ1) is 4.86. The molecule has 3 nitrogen and oxygen atoms in total. The molecule has 1 aliphatic heterocycles. The van der Waals surface area contributed by atoms with Crippen molar-refractivity contribution in [3.63, 3.8) is 0 Å². The fraction of sp³-hybridized carbons (Fsp3) is 1.00. The highest BCUT2D eigenvalue weighted by molar-refractivity contribution is 4.71. The molecule has 2 unspecified atom stereocenters. The summed E-state index contributed by atoms with van der Waals surface area (Å²) in [6.45, 7) is 0.997. The van der Waals surface area contributed by atoms with Gasteiger partial charge in [0.1, 0.15) is 6.23 Å². The van der Waals surface area contributed by atoms with E-state index >= 15 is 0 Å². The van der Waals surface area contributed by atoms with Crippen molar-refractivity contribution in [1.82, 2.24) is 5.32 Å². The van der Waals surface area contributed by atoms with Gasteiger partial charge in [-0.1, -0.05) is 0 Å². The molecule has 3 heteroatoms. The molecule has 0 aromatic rings. The van der Waals surface area contributed by atoms with Gasteiger partial charge in [0.15, 0.2) is 0 Å². The van der Waals surface area contributed by atoms with Gasteiger partial charge in [0, 0.05) is 20.6 Å². The zero-order valence-corrected chi connectivity index (χ0v) is 6.59. The number of rotatable bonds is 2. The minimum atomic E-state index is 0.193. The van der Waals surface area contributed by atoms with E-state index in [1.54, 1.807) is 14.2 Å². The second-order valence-electron chi connectivity index (χ2n) is 2.56. The van der Waals surface area contributed by atoms with E-state index in [9.17, 15) is 0 Å². The van der Waals surface area contributed by atoms with E-state index in [0.717, 1.165) is 19.4 Å². The summed E-state index contributed by atoms with van der Waals surface area (Å²) < 4.78 is 10.3. The van der Waals surface area contributed by atoms with Gasteiger partial charge in [0.25, 0.3) is 0 Å². The summed E-state index contributed by atoms with van der Waals surface area (Å²) in [7, 11) is 3.47. The lowest BCUT2D eigenvalue weighted by atomic mass is 10.1. The second-order valence-corrected chi connectivity index (χ2v) is 2.56. The summed E-state index contributed by atoms with van der Waals surface area (Å²) in [6.07, 6.45) is 2.63. The molecule has 1 N–H and O–H groups in total. The standard InChI is InChI=1S/C7H15NO2/c1-9-6-3-4-8-7(5-6)10-2/h6-8H,3-5H2,1-2H3. The Morgan fingerprint density at radius 3 is 2.70 bits per heavy atom. The van der Waals surface area contributed by atoms with Crippen LogP contribution in [0.25, 0.3) is 0 Å². The first-order valence-electron chi connectivity index (χ1n) is 3.65. The molecule has 0 radical (unpaired) electrons. The summed E-state index contributed by atoms with van der Waals surface area (Å²) in [5, 5.41) is 3.23. The Labute approximate surface area is 61.7 Å². The number of piperidine rings is 1. The monoisotopic (exact) mass is 145 g/mol. The molecule has 1 rings (SSSR count). The van der Waals surface area contributed by atoms with E-state index in [2.05, 4.69) is 5.32 Å². The highest BCUT2D eigenvalue weighted by atomic mass is 16.5. The van der Waals surface area contributed by atoms with Gasteiger partial charge in [-0.25, -0.2) is 0 Å². The zero-order chi connectivity index (χ0) is 7.40. The van der Waals surface area contributed by atoms with Gasteiger partial charge < -0.3 is 9.47 Å². The zero-order valence-electron chi connectivity index (χ0n) is 6.59. The lowest BCUT2D eigenvalue weighted by Gasteiger charge is -2.28. The average molecular weight is 145 g/mol. The summed E-state index contributed by atoms with van der Waals surface area (Å²) in [6, 6.07) is 0. The Kier molecular flexibility index (Phi) is 3.12. The minimum absolute atomic E-state index is 0.193. The van der Waals surface area contributed by atoms with Crippen molar-refractivity contribution < 1.29 is 9.47 Å². The Hall–Kier alpha value is -0.120. The van der Waals surface area contributed by atoms with Crippen LogP contribution in [0.15, 0.2) is 0 Å². The van der Waals surface area contributed by atoms with Crippen LogP contribution in [0, 0.1) is 0 Å². The van der Waals surface area contributed by atoms with Crippen LogP contribution in [0.2, 0.25) is 0 Å². The van der Waals surface area contributed by atoms with Crippen LogP contribution in [0.4, 0.5) is 0 Å². The molecule has 0 aromatic heterocycles. The molecule has 0 saturated carbocycles. The Bertz CT molecular complexity index is 87.6. The highest BCUT2D eigenvalue weighted by Crippen LogP contribution is 2.11. The van der Waals surface area contributed by atoms with Crippen LogP contribution >= 0.6 is 0 Å². The van der Waals surface area contributed by atoms with Gasteiger partial charge in [0.2, 0.25) is 0 Å². The van der Waals surface area contributed by atoms with E-state index in [4.69, 9.17) is 9.47 Å². The van der Waals surface area contributed by atoms with Crippen molar-refractivity contribution in [3.05, 3.63) is 0 Å². The third kappa shape index (κ3) is 1.94. The van der Waals surface area contributed by atoms with E-state index in [1.165, 1.54) is 0 Å². The van der Waals surface area contributed by atoms with Crippen LogP contribution in [0.1, 0.15) is 12.8 Å². The Balaban J connectivity index is 2.25. The van der Waals surface area contributed by atoms with Gasteiger partial charge in [-0.05, 0) is 13.0 Å². The average Bonchev–Trinajstić information content (AvgIpc) is 2.05. The molecule has 10 heavy (non-hydrogen) atoms. The number of ether oxygens (including phenoxy) is 2. The molecule has 0 amide bonds. The largest absolute Gasteiger partial charge is 0.381 e. The smallest absolute Gasteiger partial charge is 0.110 e. The van der Waals surface area contributed by atoms with Crippen LogP contribution in [-0.4, -0.2) is 33.1 Å². The third-order valence-electron chi connectivity index (χ3n) is 1.93. The van der Waals surface area contributed by atoms with Gasteiger partial charge >= 0.3 is 0 Å². The first kappa shape index (κ1) is 7.98. The summed E-state index contributed by atoms with van der Waals surface area (Å²) in [5.41, 5.74) is 0. The first-order valence-corrected chi connectivity index (χ1v) is 3.65. The quantitative estimate of drug-likeness (QED) is 0.608. The molecule has 2 atom stereocenters. The van der Waals surface area contributed by atoms with Crippen LogP contribution in [0.3, 0.4) is 0 Å². The number of nitrogens with one attached hydrogen (secondary N) is 1. The molecule has 1 aliphatic rings. The number of methoxy groups -OCH3 is 2. The fourth-order valence-corrected chi connectivity index (χ4v) is 1.24. The molecule has 1 heterocycles. The maximum Gasteiger partial charge on any atom is 0.110 e. The number of hydrogen-bond donors (Lipinski definition) is 1. The van der Waals surface area contributed by atoms with Crippen molar-refractivity contribution in [2.75, 3.05) is 20.8 Å². The Morgan fingerprint density at radius 1 is 1.30 bits per heavy atom. The maximum absolute atomic E-state index is 5.20. The van der Waals surface area contributed by atoms with Crippen LogP contribution in [0.5, 0.6) is 0 Å². The van der Waals surface area contributed by atoms with Crippen molar-refractivity contribution in [2.24, 2.45) is 0 Å². The van der Waals surface area contributed by atoms with E-state index < -0.39 is 0 Å². The predicted molar refractivity (Wildman–Crippen MR) is 38.8 cm³/mol. The summed E-state index contributed by atoms with van der Waals surface area (Å²) in [4.78, 5) is 0. The molecule has 0 aliphatic carbocycles. The van der Waals surface area contributed by atoms with Crippen molar-refractivity contribution >= 4 is 0 Å². The fourth-order valence-electron chi connectivity index (χ4n) is 1.24. The topological polar surface area (TPSA) is 30.5 Å². The molecular weight excluding hydrogens is 130 g/mol. The normalized spacial score (nSPS) is 34.2. The SMILES string of the molecule is COC1CCNC(OC)C1. The van der Waals surface area contributed by atoms with Gasteiger partial charge in [-0.2, -0.15) is 0 Å². The van der Waals surface area contributed by atoms with Gasteiger partial charge in [0.05, 0.1) is 6.10 Å². The lowest BCUT2D eigenvalue weighted by Crippen LogP contribution is -2.41. The molecule has 60 valence electrons. The third-order valence-corrected chi connectivity index (χ3v) is 1.93. The summed E-state index contributed by atoms with van der Waals surface area (Å²) in [5.74, 6) is 0. The predicted octanol–water partition coefficient (Wildman–Crippen LogP) is 0.357. The van der Waals surface area contributed by atoms with Crippen molar-refractivity contribution in [3.8, 4) is 0 Å². The molecular formula is C7H15NO2. The van der Waals surface area contributed by atoms with Crippen molar-refractivity contribution in [2.45, 2.75) is 25.2 Å². The van der Waals surface area contributed by atoms with E-state index in [0.29, 0.717) is 6.10 Å². The van der Waals surface area contributed by atoms with E-state index in [-0.39, 0.29) is 6.23 Å². The second kappa shape index (κ2) is 3.91. The van der Waals surface area contributed by atoms with Crippen LogP contribution in [-0.2, 0) is 9.47 Å². The summed E-state index contributed by atoms with van der Waals surface area (Å²) >= 11 is 0. The molecule has 0 aromatic carbocycles. The van der Waals surface area contributed by atoms with Gasteiger partial charge in [-0.3, -0.25) is 5.32 Å². The van der Waals surface area contributed by atoms with E-state index in [1.807, 2.05) is 0 Å². The van der Waals surface area contributed by atoms with Crippen LogP contribution < -0.4 is 5.32 Å². The van der Waals surface area contributed by atoms with Crippen molar-refractivity contribution in [1.29, 1.82) is 0 Å². The highest BCUT2D eigenvalue weighted by Gasteiger charge is 2.19. The molecule has 1 fully saturated rings. The Morgan fingerprint density at radius 2 is 2.10 bits per heavy atom. The van der Waals surface area contributed by atoms with Gasteiger partial charge in [-0.15, -0.1) is 0 Å². The lowest BCUT2D eigenvalue weighted by molar-refractivity contribution is -0.0195. The maximum atomic E-state index is 5.20. The molecule has 0 bridgehead atoms.